The molecule has 0 aliphatic heterocycles. The van der Waals surface area contributed by atoms with E-state index in [0.29, 0.717) is 6.54 Å². The Kier molecular flexibility index (Phi) is 4.23. The van der Waals surface area contributed by atoms with Crippen LogP contribution in [0.3, 0.4) is 0 Å². The van der Waals surface area contributed by atoms with Gasteiger partial charge in [-0.1, -0.05) is 13.8 Å². The quantitative estimate of drug-likeness (QED) is 0.875. The number of anilines is 1. The Morgan fingerprint density at radius 2 is 1.95 bits per heavy atom. The van der Waals surface area contributed by atoms with Crippen LogP contribution in [-0.4, -0.2) is 37.5 Å². The molecule has 0 saturated carbocycles. The fraction of sp³-hybridized carbons (Fsp3) is 0.643. The molecule has 6 nitrogen and oxygen atoms in total. The monoisotopic (exact) mass is 277 g/mol. The maximum Gasteiger partial charge on any atom is 0.156 e. The summed E-state index contributed by atoms with van der Waals surface area (Å²) in [7, 11) is 0. The molecule has 0 bridgehead atoms. The molecule has 0 aliphatic rings. The normalized spacial score (nSPS) is 13.2. The predicted molar refractivity (Wildman–Crippen MR) is 80.0 cm³/mol. The lowest BCUT2D eigenvalue weighted by molar-refractivity contribution is 0.208. The van der Waals surface area contributed by atoms with Crippen molar-refractivity contribution in [2.24, 2.45) is 0 Å². The Morgan fingerprint density at radius 1 is 1.25 bits per heavy atom. The SMILES string of the molecule is CCn1nc(C)c2nc(C(C)C)nc(NC[C@@H](C)O)c21. The maximum absolute atomic E-state index is 9.47. The van der Waals surface area contributed by atoms with Crippen molar-refractivity contribution >= 4 is 16.9 Å². The van der Waals surface area contributed by atoms with Gasteiger partial charge in [0.25, 0.3) is 0 Å². The molecule has 0 spiro atoms. The van der Waals surface area contributed by atoms with E-state index in [1.807, 2.05) is 18.5 Å². The summed E-state index contributed by atoms with van der Waals surface area (Å²) in [6, 6.07) is 0. The topological polar surface area (TPSA) is 75.9 Å². The van der Waals surface area contributed by atoms with Crippen molar-refractivity contribution in [3.05, 3.63) is 11.5 Å². The van der Waals surface area contributed by atoms with E-state index in [2.05, 4.69) is 34.2 Å². The Morgan fingerprint density at radius 3 is 2.50 bits per heavy atom. The predicted octanol–water partition coefficient (Wildman–Crippen LogP) is 2.07. The lowest BCUT2D eigenvalue weighted by Gasteiger charge is -2.12. The zero-order chi connectivity index (χ0) is 14.9. The molecule has 0 amide bonds. The van der Waals surface area contributed by atoms with Gasteiger partial charge < -0.3 is 10.4 Å². The molecule has 0 fully saturated rings. The zero-order valence-corrected chi connectivity index (χ0v) is 12.8. The molecule has 2 rings (SSSR count). The molecule has 0 saturated heterocycles. The molecule has 2 aromatic rings. The minimum atomic E-state index is -0.429. The van der Waals surface area contributed by atoms with Crippen LogP contribution in [0, 0.1) is 6.92 Å². The molecule has 2 heterocycles. The third kappa shape index (κ3) is 2.75. The van der Waals surface area contributed by atoms with Gasteiger partial charge in [-0.25, -0.2) is 9.97 Å². The van der Waals surface area contributed by atoms with Crippen molar-refractivity contribution in [2.45, 2.75) is 53.2 Å². The summed E-state index contributed by atoms with van der Waals surface area (Å²) < 4.78 is 1.90. The standard InChI is InChI=1S/C14H23N5O/c1-6-19-12-11(10(5)18-19)16-13(8(2)3)17-14(12)15-7-9(4)20/h8-9,20H,6-7H2,1-5H3,(H,15,16,17)/t9-/m1/s1. The first-order chi connectivity index (χ1) is 9.43. The molecule has 0 unspecified atom stereocenters. The second-order valence-corrected chi connectivity index (χ2v) is 5.41. The van der Waals surface area contributed by atoms with Gasteiger partial charge in [-0.3, -0.25) is 4.68 Å². The fourth-order valence-electron chi connectivity index (χ4n) is 2.10. The molecule has 1 atom stereocenters. The van der Waals surface area contributed by atoms with E-state index in [-0.39, 0.29) is 5.92 Å². The Bertz CT molecular complexity index is 603. The smallest absolute Gasteiger partial charge is 0.156 e. The summed E-state index contributed by atoms with van der Waals surface area (Å²) in [4.78, 5) is 9.23. The average molecular weight is 277 g/mol. The highest BCUT2D eigenvalue weighted by atomic mass is 16.3. The number of hydrogen-bond acceptors (Lipinski definition) is 5. The first kappa shape index (κ1) is 14.7. The highest BCUT2D eigenvalue weighted by Crippen LogP contribution is 2.25. The van der Waals surface area contributed by atoms with Crippen molar-refractivity contribution < 1.29 is 5.11 Å². The second kappa shape index (κ2) is 5.75. The van der Waals surface area contributed by atoms with Crippen LogP contribution in [0.15, 0.2) is 0 Å². The number of fused-ring (bicyclic) bond motifs is 1. The Labute approximate surface area is 119 Å². The number of aromatic nitrogens is 4. The van der Waals surface area contributed by atoms with E-state index >= 15 is 0 Å². The van der Waals surface area contributed by atoms with Gasteiger partial charge in [0, 0.05) is 19.0 Å². The number of aryl methyl sites for hydroxylation is 2. The third-order valence-electron chi connectivity index (χ3n) is 3.15. The van der Waals surface area contributed by atoms with Gasteiger partial charge >= 0.3 is 0 Å². The van der Waals surface area contributed by atoms with Gasteiger partial charge in [0.15, 0.2) is 5.82 Å². The van der Waals surface area contributed by atoms with Gasteiger partial charge in [-0.05, 0) is 20.8 Å². The van der Waals surface area contributed by atoms with Gasteiger partial charge in [0.05, 0.1) is 11.8 Å². The number of hydrogen-bond donors (Lipinski definition) is 2. The molecule has 2 aromatic heterocycles. The van der Waals surface area contributed by atoms with Crippen molar-refractivity contribution in [1.82, 2.24) is 19.7 Å². The molecular weight excluding hydrogens is 254 g/mol. The van der Waals surface area contributed by atoms with Crippen LogP contribution in [0.4, 0.5) is 5.82 Å². The number of aliphatic hydroxyl groups excluding tert-OH is 1. The fourth-order valence-corrected chi connectivity index (χ4v) is 2.10. The summed E-state index contributed by atoms with van der Waals surface area (Å²) in [6.07, 6.45) is -0.429. The highest BCUT2D eigenvalue weighted by Gasteiger charge is 2.17. The Balaban J connectivity index is 2.60. The van der Waals surface area contributed by atoms with Crippen molar-refractivity contribution in [2.75, 3.05) is 11.9 Å². The molecular formula is C14H23N5O. The Hall–Kier alpha value is -1.69. The van der Waals surface area contributed by atoms with Crippen molar-refractivity contribution in [3.8, 4) is 0 Å². The largest absolute Gasteiger partial charge is 0.392 e. The van der Waals surface area contributed by atoms with Gasteiger partial charge in [-0.15, -0.1) is 0 Å². The van der Waals surface area contributed by atoms with E-state index in [4.69, 9.17) is 0 Å². The zero-order valence-electron chi connectivity index (χ0n) is 12.8. The molecule has 0 aliphatic carbocycles. The minimum Gasteiger partial charge on any atom is -0.392 e. The maximum atomic E-state index is 9.47. The van der Waals surface area contributed by atoms with E-state index in [9.17, 15) is 5.11 Å². The average Bonchev–Trinajstić information content (AvgIpc) is 2.72. The second-order valence-electron chi connectivity index (χ2n) is 5.41. The van der Waals surface area contributed by atoms with Crippen LogP contribution >= 0.6 is 0 Å². The van der Waals surface area contributed by atoms with Gasteiger partial charge in [0.1, 0.15) is 16.9 Å². The minimum absolute atomic E-state index is 0.246. The number of rotatable bonds is 5. The van der Waals surface area contributed by atoms with E-state index in [1.165, 1.54) is 0 Å². The lowest BCUT2D eigenvalue weighted by atomic mass is 10.2. The van der Waals surface area contributed by atoms with Crippen LogP contribution in [0.5, 0.6) is 0 Å². The molecule has 0 radical (unpaired) electrons. The van der Waals surface area contributed by atoms with E-state index in [1.54, 1.807) is 6.92 Å². The number of aliphatic hydroxyl groups is 1. The van der Waals surface area contributed by atoms with Crippen LogP contribution in [0.25, 0.3) is 11.0 Å². The van der Waals surface area contributed by atoms with Crippen LogP contribution in [-0.2, 0) is 6.54 Å². The summed E-state index contributed by atoms with van der Waals surface area (Å²) in [6.45, 7) is 11.1. The number of nitrogens with one attached hydrogen (secondary N) is 1. The number of nitrogens with zero attached hydrogens (tertiary/aromatic N) is 4. The summed E-state index contributed by atoms with van der Waals surface area (Å²) in [5.74, 6) is 1.79. The summed E-state index contributed by atoms with van der Waals surface area (Å²) >= 11 is 0. The van der Waals surface area contributed by atoms with Gasteiger partial charge in [0.2, 0.25) is 0 Å². The van der Waals surface area contributed by atoms with E-state index in [0.717, 1.165) is 34.9 Å². The molecule has 6 heteroatoms. The summed E-state index contributed by atoms with van der Waals surface area (Å²) in [5, 5.41) is 17.2. The summed E-state index contributed by atoms with van der Waals surface area (Å²) in [5.41, 5.74) is 2.71. The first-order valence-corrected chi connectivity index (χ1v) is 7.11. The molecule has 110 valence electrons. The molecule has 2 N–H and O–H groups in total. The molecule has 0 aromatic carbocycles. The van der Waals surface area contributed by atoms with Crippen LogP contribution < -0.4 is 5.32 Å². The highest BCUT2D eigenvalue weighted by molar-refractivity contribution is 5.87. The van der Waals surface area contributed by atoms with Crippen molar-refractivity contribution in [3.63, 3.8) is 0 Å². The van der Waals surface area contributed by atoms with E-state index < -0.39 is 6.10 Å². The first-order valence-electron chi connectivity index (χ1n) is 7.11. The third-order valence-corrected chi connectivity index (χ3v) is 3.15. The van der Waals surface area contributed by atoms with Gasteiger partial charge in [-0.2, -0.15) is 5.10 Å². The van der Waals surface area contributed by atoms with Crippen molar-refractivity contribution in [1.29, 1.82) is 0 Å². The lowest BCUT2D eigenvalue weighted by Crippen LogP contribution is -2.17. The van der Waals surface area contributed by atoms with Crippen LogP contribution in [0.2, 0.25) is 0 Å². The van der Waals surface area contributed by atoms with Crippen LogP contribution in [0.1, 0.15) is 45.1 Å². The molecule has 20 heavy (non-hydrogen) atoms.